The Bertz CT molecular complexity index is 1960. The molecule has 2 fully saturated rings. The summed E-state index contributed by atoms with van der Waals surface area (Å²) >= 11 is 0. The van der Waals surface area contributed by atoms with Gasteiger partial charge in [-0.1, -0.05) is 36.4 Å². The fourth-order valence-corrected chi connectivity index (χ4v) is 6.59. The van der Waals surface area contributed by atoms with Gasteiger partial charge in [0.15, 0.2) is 0 Å². The van der Waals surface area contributed by atoms with E-state index in [2.05, 4.69) is 23.8 Å². The number of amides is 3. The van der Waals surface area contributed by atoms with E-state index in [1.165, 1.54) is 42.5 Å². The lowest BCUT2D eigenvalue weighted by molar-refractivity contribution is -0.141. The third kappa shape index (κ3) is 12.2. The highest BCUT2D eigenvalue weighted by Gasteiger charge is 2.62. The fourth-order valence-electron chi connectivity index (χ4n) is 4.75. The maximum atomic E-state index is 12.6. The lowest BCUT2D eigenvalue weighted by Crippen LogP contribution is -2.52. The van der Waals surface area contributed by atoms with E-state index in [0.717, 1.165) is 0 Å². The summed E-state index contributed by atoms with van der Waals surface area (Å²) in [7, 11) is -7.85. The van der Waals surface area contributed by atoms with Gasteiger partial charge in [-0.25, -0.2) is 41.1 Å². The molecule has 0 spiro atoms. The van der Waals surface area contributed by atoms with E-state index in [-0.39, 0.29) is 33.5 Å². The molecule has 0 unspecified atom stereocenters. The number of nitrogens with one attached hydrogen (secondary N) is 3. The number of primary sulfonamides is 1. The highest BCUT2D eigenvalue weighted by Crippen LogP contribution is 2.45. The van der Waals surface area contributed by atoms with Gasteiger partial charge in [0.2, 0.25) is 10.0 Å². The molecular formula is C34H48N6O11S2. The number of aliphatic carboxylic acids is 1. The minimum Gasteiger partial charge on any atom is -0.479 e. The van der Waals surface area contributed by atoms with Crippen molar-refractivity contribution in [2.75, 3.05) is 11.5 Å². The number of nitrogens with two attached hydrogens (primary N) is 3. The summed E-state index contributed by atoms with van der Waals surface area (Å²) in [5, 5.41) is 18.7. The largest absolute Gasteiger partial charge is 0.479 e. The second-order valence-corrected chi connectivity index (χ2v) is 17.3. The van der Waals surface area contributed by atoms with Crippen LogP contribution < -0.4 is 32.0 Å². The second-order valence-electron chi connectivity index (χ2n) is 14.1. The number of carbonyl (C=O) groups excluding carboxylic acids is 3. The van der Waals surface area contributed by atoms with Gasteiger partial charge in [0.25, 0.3) is 15.9 Å². The van der Waals surface area contributed by atoms with Crippen molar-refractivity contribution < 1.29 is 50.6 Å². The van der Waals surface area contributed by atoms with Gasteiger partial charge in [0.05, 0.1) is 11.4 Å². The van der Waals surface area contributed by atoms with Crippen molar-refractivity contribution in [1.29, 1.82) is 0 Å². The van der Waals surface area contributed by atoms with Crippen molar-refractivity contribution in [1.82, 2.24) is 15.4 Å². The number of hydrogen-bond acceptors (Lipinski definition) is 12. The van der Waals surface area contributed by atoms with Crippen LogP contribution in [0.1, 0.15) is 54.4 Å². The molecular weight excluding hydrogens is 733 g/mol. The van der Waals surface area contributed by atoms with Gasteiger partial charge in [-0.15, -0.1) is 13.2 Å². The number of ether oxygens (including phenoxy) is 2. The Morgan fingerprint density at radius 3 is 1.45 bits per heavy atom. The summed E-state index contributed by atoms with van der Waals surface area (Å²) in [6.07, 6.45) is 2.09. The smallest absolute Gasteiger partial charge is 0.408 e. The molecule has 0 heterocycles. The van der Waals surface area contributed by atoms with Gasteiger partial charge in [-0.3, -0.25) is 4.79 Å². The zero-order chi connectivity index (χ0) is 40.8. The standard InChI is InChI=1S/C17H23N3O5S.C11H17NO4.C6H8N2O2S/c1-5-11-10-17(11,19-15(22)25-16(2,3)4)14(21)20-26(23,24)13-9-7-6-8-12(13)18;1-5-7-6-11(7,8(13)14)12-9(15)16-10(2,3)4;7-5-3-1-2-4-6(5)11(8,9)10/h5-9,11H,1,10,18H2,2-4H3,(H,19,22)(H,20,21);5,7H,1,6H2,2-4H3,(H,12,15)(H,13,14);1-4H,7H2,(H2,8,9,10)/t11-,17-;7-,11-;/m11./s1. The van der Waals surface area contributed by atoms with Crippen LogP contribution in [0.3, 0.4) is 0 Å². The molecule has 0 radical (unpaired) electrons. The van der Waals surface area contributed by atoms with Crippen LogP contribution in [-0.2, 0) is 39.1 Å². The van der Waals surface area contributed by atoms with E-state index >= 15 is 0 Å². The Hall–Kier alpha value is -5.14. The quantitative estimate of drug-likeness (QED) is 0.142. The highest BCUT2D eigenvalue weighted by atomic mass is 32.2. The van der Waals surface area contributed by atoms with Crippen molar-refractivity contribution >= 4 is 55.5 Å². The number of carbonyl (C=O) groups is 4. The first kappa shape index (κ1) is 44.0. The molecule has 17 nitrogen and oxygen atoms in total. The second kappa shape index (κ2) is 16.3. The van der Waals surface area contributed by atoms with Crippen molar-refractivity contribution in [2.45, 2.75) is 86.5 Å². The molecule has 2 aliphatic rings. The molecule has 292 valence electrons. The first-order valence-corrected chi connectivity index (χ1v) is 19.0. The lowest BCUT2D eigenvalue weighted by Gasteiger charge is -2.23. The van der Waals surface area contributed by atoms with Gasteiger partial charge in [-0.2, -0.15) is 0 Å². The molecule has 19 heteroatoms. The first-order chi connectivity index (χ1) is 24.1. The molecule has 2 saturated carbocycles. The monoisotopic (exact) mass is 780 g/mol. The van der Waals surface area contributed by atoms with E-state index in [1.54, 1.807) is 59.7 Å². The fraction of sp³-hybridized carbons (Fsp3) is 0.412. The summed E-state index contributed by atoms with van der Waals surface area (Å²) in [4.78, 5) is 46.9. The Labute approximate surface area is 309 Å². The summed E-state index contributed by atoms with van der Waals surface area (Å²) in [6.45, 7) is 17.3. The molecule has 4 rings (SSSR count). The maximum Gasteiger partial charge on any atom is 0.408 e. The van der Waals surface area contributed by atoms with Crippen LogP contribution in [-0.4, -0.2) is 68.3 Å². The topological polar surface area (TPSA) is 289 Å². The maximum absolute atomic E-state index is 12.6. The van der Waals surface area contributed by atoms with Crippen LogP contribution in [0.4, 0.5) is 21.0 Å². The molecule has 0 bridgehead atoms. The minimum absolute atomic E-state index is 0.0121. The van der Waals surface area contributed by atoms with Crippen molar-refractivity contribution in [2.24, 2.45) is 17.0 Å². The molecule has 3 amide bonds. The lowest BCUT2D eigenvalue weighted by atomic mass is 10.2. The van der Waals surface area contributed by atoms with Crippen LogP contribution in [0.5, 0.6) is 0 Å². The number of alkyl carbamates (subject to hydrolysis) is 2. The number of sulfonamides is 2. The zero-order valence-electron chi connectivity index (χ0n) is 30.3. The summed E-state index contributed by atoms with van der Waals surface area (Å²) in [5.74, 6) is -2.55. The number of hydrogen-bond donors (Lipinski definition) is 7. The number of para-hydroxylation sites is 2. The predicted octanol–water partition coefficient (Wildman–Crippen LogP) is 3.00. The molecule has 2 aliphatic carbocycles. The van der Waals surface area contributed by atoms with Crippen molar-refractivity contribution in [3.05, 3.63) is 73.8 Å². The third-order valence-corrected chi connectivity index (χ3v) is 9.88. The summed E-state index contributed by atoms with van der Waals surface area (Å²) < 4.78 is 58.6. The van der Waals surface area contributed by atoms with Gasteiger partial charge in [-0.05, 0) is 78.6 Å². The highest BCUT2D eigenvalue weighted by molar-refractivity contribution is 7.90. The number of carboxylic acids is 1. The predicted molar refractivity (Wildman–Crippen MR) is 197 cm³/mol. The summed E-state index contributed by atoms with van der Waals surface area (Å²) in [6, 6.07) is 11.8. The van der Waals surface area contributed by atoms with Crippen LogP contribution in [0.2, 0.25) is 0 Å². The Balaban J connectivity index is 0.000000305. The van der Waals surface area contributed by atoms with E-state index in [1.807, 2.05) is 4.72 Å². The van der Waals surface area contributed by atoms with Gasteiger partial charge >= 0.3 is 18.2 Å². The Morgan fingerprint density at radius 2 is 1.13 bits per heavy atom. The van der Waals surface area contributed by atoms with Crippen molar-refractivity contribution in [3.63, 3.8) is 0 Å². The average molecular weight is 781 g/mol. The average Bonchev–Trinajstić information content (AvgIpc) is 3.90. The van der Waals surface area contributed by atoms with E-state index in [9.17, 15) is 36.0 Å². The molecule has 53 heavy (non-hydrogen) atoms. The van der Waals surface area contributed by atoms with E-state index in [4.69, 9.17) is 31.2 Å². The number of anilines is 2. The van der Waals surface area contributed by atoms with E-state index in [0.29, 0.717) is 6.42 Å². The molecule has 4 atom stereocenters. The number of benzene rings is 2. The molecule has 10 N–H and O–H groups in total. The Kier molecular flexibility index (Phi) is 13.5. The first-order valence-electron chi connectivity index (χ1n) is 15.9. The van der Waals surface area contributed by atoms with E-state index < -0.39 is 72.3 Å². The minimum atomic E-state index is -4.19. The number of carboxylic acid groups (broad SMARTS) is 1. The van der Waals surface area contributed by atoms with Gasteiger partial charge < -0.3 is 36.7 Å². The molecule has 0 aliphatic heterocycles. The SMILES string of the molecule is C=C[C@@H]1C[C@]1(NC(=O)OC(C)(C)C)C(=O)NS(=O)(=O)c1ccccc1N.C=C[C@@H]1C[C@]1(NC(=O)OC(C)(C)C)C(=O)O.Nc1ccccc1S(N)(=O)=O. The zero-order valence-corrected chi connectivity index (χ0v) is 32.0. The number of nitrogen functional groups attached to an aromatic ring is 2. The molecule has 0 aromatic heterocycles. The van der Waals surface area contributed by atoms with Crippen molar-refractivity contribution in [3.8, 4) is 0 Å². The number of rotatable bonds is 9. The molecule has 0 saturated heterocycles. The third-order valence-electron chi connectivity index (χ3n) is 7.49. The van der Waals surface area contributed by atoms with Crippen LogP contribution >= 0.6 is 0 Å². The van der Waals surface area contributed by atoms with Crippen LogP contribution in [0.25, 0.3) is 0 Å². The van der Waals surface area contributed by atoms with Gasteiger partial charge in [0, 0.05) is 11.8 Å². The molecule has 2 aromatic rings. The normalized spacial score (nSPS) is 21.7. The molecule has 2 aromatic carbocycles. The van der Waals surface area contributed by atoms with Gasteiger partial charge in [0.1, 0.15) is 32.1 Å². The van der Waals surface area contributed by atoms with Crippen LogP contribution in [0.15, 0.2) is 83.6 Å². The Morgan fingerprint density at radius 1 is 0.755 bits per heavy atom. The summed E-state index contributed by atoms with van der Waals surface area (Å²) in [5.41, 5.74) is 7.18. The van der Waals surface area contributed by atoms with Crippen LogP contribution in [0, 0.1) is 11.8 Å².